The maximum absolute atomic E-state index is 10.6. The molecule has 0 bridgehead atoms. The minimum atomic E-state index is 0.193. The van der Waals surface area contributed by atoms with Gasteiger partial charge >= 0.3 is 0 Å². The second-order valence-electron chi connectivity index (χ2n) is 10.8. The Bertz CT molecular complexity index is 1400. The van der Waals surface area contributed by atoms with E-state index in [2.05, 4.69) is 75.3 Å². The van der Waals surface area contributed by atoms with E-state index in [0.717, 1.165) is 72.8 Å². The molecule has 0 amide bonds. The standard InChI is InChI=1S/C31H40N6O2/c1-21-15-22(2)17-26(16-21)32-19-24-6-7-27-29(18-24)37(20-28-30(39)8-5-23(3)33-28)31(35-27)34-25-9-12-36(13-10-25)11-4-14-38/h5-8,15-18,25,32,38-39H,4,9-14,19-20H2,1-3H3,(H,34,35). The Morgan fingerprint density at radius 3 is 2.46 bits per heavy atom. The predicted molar refractivity (Wildman–Crippen MR) is 158 cm³/mol. The van der Waals surface area contributed by atoms with Crippen LogP contribution in [-0.4, -0.2) is 61.9 Å². The Morgan fingerprint density at radius 1 is 0.949 bits per heavy atom. The van der Waals surface area contributed by atoms with Crippen LogP contribution in [0.4, 0.5) is 11.6 Å². The number of rotatable bonds is 10. The van der Waals surface area contributed by atoms with Crippen molar-refractivity contribution in [3.05, 3.63) is 76.6 Å². The van der Waals surface area contributed by atoms with Crippen molar-refractivity contribution in [3.63, 3.8) is 0 Å². The van der Waals surface area contributed by atoms with Crippen LogP contribution >= 0.6 is 0 Å². The summed E-state index contributed by atoms with van der Waals surface area (Å²) in [5.74, 6) is 0.999. The second-order valence-corrected chi connectivity index (χ2v) is 10.8. The van der Waals surface area contributed by atoms with Gasteiger partial charge in [0.15, 0.2) is 0 Å². The van der Waals surface area contributed by atoms with E-state index >= 15 is 0 Å². The highest BCUT2D eigenvalue weighted by molar-refractivity contribution is 5.80. The third-order valence-corrected chi connectivity index (χ3v) is 7.48. The molecule has 206 valence electrons. The summed E-state index contributed by atoms with van der Waals surface area (Å²) in [5.41, 5.74) is 8.19. The maximum Gasteiger partial charge on any atom is 0.204 e. The number of pyridine rings is 1. The number of aliphatic hydroxyl groups is 1. The number of anilines is 2. The van der Waals surface area contributed by atoms with Gasteiger partial charge in [0.25, 0.3) is 0 Å². The number of nitrogens with zero attached hydrogens (tertiary/aromatic N) is 4. The Labute approximate surface area is 230 Å². The van der Waals surface area contributed by atoms with E-state index in [1.807, 2.05) is 13.0 Å². The topological polar surface area (TPSA) is 98.5 Å². The molecule has 8 nitrogen and oxygen atoms in total. The van der Waals surface area contributed by atoms with Crippen LogP contribution in [0.3, 0.4) is 0 Å². The SMILES string of the molecule is Cc1cc(C)cc(NCc2ccc3nc(NC4CCN(CCCO)CC4)n(Cc4nc(C)ccc4O)c3c2)c1. The van der Waals surface area contributed by atoms with Gasteiger partial charge in [-0.25, -0.2) is 4.98 Å². The van der Waals surface area contributed by atoms with Crippen LogP contribution < -0.4 is 10.6 Å². The predicted octanol–water partition coefficient (Wildman–Crippen LogP) is 4.98. The summed E-state index contributed by atoms with van der Waals surface area (Å²) in [6.45, 7) is 10.5. The molecular formula is C31H40N6O2. The molecule has 0 atom stereocenters. The van der Waals surface area contributed by atoms with Gasteiger partial charge in [0.05, 0.1) is 17.6 Å². The van der Waals surface area contributed by atoms with Gasteiger partial charge in [-0.1, -0.05) is 12.1 Å². The molecule has 4 N–H and O–H groups in total. The fourth-order valence-corrected chi connectivity index (χ4v) is 5.48. The van der Waals surface area contributed by atoms with Gasteiger partial charge in [-0.05, 0) is 93.1 Å². The van der Waals surface area contributed by atoms with Crippen LogP contribution in [-0.2, 0) is 13.1 Å². The first-order valence-electron chi connectivity index (χ1n) is 13.9. The molecular weight excluding hydrogens is 488 g/mol. The molecule has 39 heavy (non-hydrogen) atoms. The minimum Gasteiger partial charge on any atom is -0.506 e. The van der Waals surface area contributed by atoms with Gasteiger partial charge in [-0.15, -0.1) is 0 Å². The zero-order valence-electron chi connectivity index (χ0n) is 23.2. The number of aryl methyl sites for hydroxylation is 3. The fourth-order valence-electron chi connectivity index (χ4n) is 5.48. The van der Waals surface area contributed by atoms with Crippen molar-refractivity contribution in [2.45, 2.75) is 59.2 Å². The highest BCUT2D eigenvalue weighted by Gasteiger charge is 2.22. The first-order valence-corrected chi connectivity index (χ1v) is 13.9. The van der Waals surface area contributed by atoms with Crippen LogP contribution in [0.5, 0.6) is 5.75 Å². The molecule has 8 heteroatoms. The van der Waals surface area contributed by atoms with Crippen molar-refractivity contribution in [3.8, 4) is 5.75 Å². The van der Waals surface area contributed by atoms with E-state index in [1.165, 1.54) is 11.1 Å². The number of imidazole rings is 1. The molecule has 1 aliphatic heterocycles. The van der Waals surface area contributed by atoms with Crippen LogP contribution in [0, 0.1) is 20.8 Å². The lowest BCUT2D eigenvalue weighted by molar-refractivity contribution is 0.192. The third kappa shape index (κ3) is 6.69. The maximum atomic E-state index is 10.6. The number of benzene rings is 2. The van der Waals surface area contributed by atoms with Crippen LogP contribution in [0.15, 0.2) is 48.5 Å². The lowest BCUT2D eigenvalue weighted by Crippen LogP contribution is -2.40. The van der Waals surface area contributed by atoms with Crippen LogP contribution in [0.1, 0.15) is 47.3 Å². The number of nitrogens with one attached hydrogen (secondary N) is 2. The van der Waals surface area contributed by atoms with Crippen molar-refractivity contribution < 1.29 is 10.2 Å². The summed E-state index contributed by atoms with van der Waals surface area (Å²) in [6.07, 6.45) is 2.86. The average molecular weight is 529 g/mol. The van der Waals surface area contributed by atoms with E-state index < -0.39 is 0 Å². The summed E-state index contributed by atoms with van der Waals surface area (Å²) in [5, 5.41) is 27.0. The number of hydrogen-bond donors (Lipinski definition) is 4. The Kier molecular flexibility index (Phi) is 8.33. The van der Waals surface area contributed by atoms with Crippen LogP contribution in [0.2, 0.25) is 0 Å². The van der Waals surface area contributed by atoms with Crippen molar-refractivity contribution in [2.24, 2.45) is 0 Å². The summed E-state index contributed by atoms with van der Waals surface area (Å²) in [7, 11) is 0. The number of aromatic hydroxyl groups is 1. The van der Waals surface area contributed by atoms with E-state index in [4.69, 9.17) is 10.1 Å². The van der Waals surface area contributed by atoms with Gasteiger partial charge in [0.2, 0.25) is 5.95 Å². The van der Waals surface area contributed by atoms with E-state index in [-0.39, 0.29) is 12.4 Å². The number of likely N-dealkylation sites (tertiary alicyclic amines) is 1. The lowest BCUT2D eigenvalue weighted by atomic mass is 10.1. The average Bonchev–Trinajstić information content (AvgIpc) is 3.24. The van der Waals surface area contributed by atoms with Gasteiger partial charge in [0.1, 0.15) is 11.4 Å². The van der Waals surface area contributed by atoms with Crippen molar-refractivity contribution in [1.29, 1.82) is 0 Å². The number of piperidine rings is 1. The third-order valence-electron chi connectivity index (χ3n) is 7.48. The fraction of sp³-hybridized carbons (Fsp3) is 0.419. The molecule has 5 rings (SSSR count). The van der Waals surface area contributed by atoms with Crippen molar-refractivity contribution in [2.75, 3.05) is 36.9 Å². The Hall–Kier alpha value is -3.62. The normalized spacial score (nSPS) is 14.7. The van der Waals surface area contributed by atoms with Gasteiger partial charge < -0.3 is 30.3 Å². The van der Waals surface area contributed by atoms with E-state index in [9.17, 15) is 5.11 Å². The molecule has 0 saturated carbocycles. The van der Waals surface area contributed by atoms with Crippen LogP contribution in [0.25, 0.3) is 11.0 Å². The van der Waals surface area contributed by atoms with Gasteiger partial charge in [-0.2, -0.15) is 0 Å². The Morgan fingerprint density at radius 2 is 1.72 bits per heavy atom. The molecule has 0 radical (unpaired) electrons. The molecule has 2 aromatic carbocycles. The zero-order valence-corrected chi connectivity index (χ0v) is 23.2. The largest absolute Gasteiger partial charge is 0.506 e. The second kappa shape index (κ2) is 12.1. The number of hydrogen-bond acceptors (Lipinski definition) is 7. The minimum absolute atomic E-state index is 0.193. The lowest BCUT2D eigenvalue weighted by Gasteiger charge is -2.32. The molecule has 1 aliphatic rings. The monoisotopic (exact) mass is 528 g/mol. The smallest absolute Gasteiger partial charge is 0.204 e. The molecule has 3 heterocycles. The van der Waals surface area contributed by atoms with Gasteiger partial charge in [0, 0.05) is 50.2 Å². The quantitative estimate of drug-likeness (QED) is 0.230. The number of aliphatic hydroxyl groups excluding tert-OH is 1. The summed E-state index contributed by atoms with van der Waals surface area (Å²) < 4.78 is 2.15. The molecule has 1 fully saturated rings. The first-order chi connectivity index (χ1) is 18.9. The highest BCUT2D eigenvalue weighted by Crippen LogP contribution is 2.27. The molecule has 1 saturated heterocycles. The summed E-state index contributed by atoms with van der Waals surface area (Å²) in [6, 6.07) is 16.8. The summed E-state index contributed by atoms with van der Waals surface area (Å²) >= 11 is 0. The zero-order chi connectivity index (χ0) is 27.4. The molecule has 2 aromatic heterocycles. The molecule has 0 spiro atoms. The Balaban J connectivity index is 1.41. The van der Waals surface area contributed by atoms with Gasteiger partial charge in [-0.3, -0.25) is 4.98 Å². The first kappa shape index (κ1) is 27.0. The van der Waals surface area contributed by atoms with E-state index in [0.29, 0.717) is 24.8 Å². The number of fused-ring (bicyclic) bond motifs is 1. The molecule has 0 unspecified atom stereocenters. The molecule has 0 aliphatic carbocycles. The van der Waals surface area contributed by atoms with Crippen molar-refractivity contribution in [1.82, 2.24) is 19.4 Å². The highest BCUT2D eigenvalue weighted by atomic mass is 16.3. The number of aromatic nitrogens is 3. The van der Waals surface area contributed by atoms with Crippen molar-refractivity contribution >= 4 is 22.7 Å². The molecule has 4 aromatic rings. The van der Waals surface area contributed by atoms with E-state index in [1.54, 1.807) is 6.07 Å². The summed E-state index contributed by atoms with van der Waals surface area (Å²) in [4.78, 5) is 12.0.